The molecule has 2 aromatic heterocycles. The van der Waals surface area contributed by atoms with Crippen LogP contribution >= 0.6 is 23.2 Å². The van der Waals surface area contributed by atoms with Gasteiger partial charge in [0, 0.05) is 23.0 Å². The van der Waals surface area contributed by atoms with Gasteiger partial charge in [-0.2, -0.15) is 4.98 Å². The Morgan fingerprint density at radius 2 is 1.77 bits per heavy atom. The van der Waals surface area contributed by atoms with Crippen molar-refractivity contribution in [3.63, 3.8) is 0 Å². The molecule has 0 aliphatic rings. The first-order chi connectivity index (χ1) is 14.4. The van der Waals surface area contributed by atoms with Crippen LogP contribution in [0.15, 0.2) is 76.4 Å². The van der Waals surface area contributed by atoms with Crippen molar-refractivity contribution >= 4 is 38.9 Å². The molecule has 0 saturated carbocycles. The minimum absolute atomic E-state index is 0.0725. The average molecular weight is 461 g/mol. The number of anilines is 1. The summed E-state index contributed by atoms with van der Waals surface area (Å²) in [6, 6.07) is 14.7. The molecule has 0 bridgehead atoms. The Labute approximate surface area is 182 Å². The van der Waals surface area contributed by atoms with Crippen LogP contribution in [0.2, 0.25) is 10.0 Å². The third-order valence-electron chi connectivity index (χ3n) is 4.19. The Balaban J connectivity index is 1.61. The molecule has 0 atom stereocenters. The van der Waals surface area contributed by atoms with E-state index in [-0.39, 0.29) is 21.4 Å². The molecule has 30 heavy (non-hydrogen) atoms. The zero-order chi connectivity index (χ0) is 21.1. The molecular weight excluding hydrogens is 447 g/mol. The van der Waals surface area contributed by atoms with Gasteiger partial charge in [0.25, 0.3) is 10.0 Å². The first-order valence-corrected chi connectivity index (χ1v) is 10.9. The predicted molar refractivity (Wildman–Crippen MR) is 114 cm³/mol. The monoisotopic (exact) mass is 460 g/mol. The van der Waals surface area contributed by atoms with Crippen molar-refractivity contribution in [1.82, 2.24) is 15.1 Å². The number of hydrogen-bond acceptors (Lipinski definition) is 6. The van der Waals surface area contributed by atoms with E-state index in [0.717, 1.165) is 5.56 Å². The van der Waals surface area contributed by atoms with Crippen LogP contribution in [0, 0.1) is 0 Å². The van der Waals surface area contributed by atoms with Crippen LogP contribution in [-0.4, -0.2) is 23.5 Å². The predicted octanol–water partition coefficient (Wildman–Crippen LogP) is 4.83. The molecule has 7 nitrogen and oxygen atoms in total. The van der Waals surface area contributed by atoms with Gasteiger partial charge >= 0.3 is 0 Å². The van der Waals surface area contributed by atoms with Crippen LogP contribution in [-0.2, 0) is 16.4 Å². The Morgan fingerprint density at radius 1 is 1.00 bits per heavy atom. The second-order valence-corrected chi connectivity index (χ2v) is 8.76. The molecule has 0 amide bonds. The maximum absolute atomic E-state index is 12.9. The topological polar surface area (TPSA) is 98.0 Å². The summed E-state index contributed by atoms with van der Waals surface area (Å²) in [7, 11) is -3.96. The Kier molecular flexibility index (Phi) is 5.72. The standard InChI is InChI=1S/C20H14Cl2N4O3S/c21-15-5-6-16(22)18(12-15)30(27,28)26-17-4-2-1-3-14(17)11-19-24-20(25-29-19)13-7-9-23-10-8-13/h1-10,12,26H,11H2. The highest BCUT2D eigenvalue weighted by Gasteiger charge is 2.20. The summed E-state index contributed by atoms with van der Waals surface area (Å²) >= 11 is 12.0. The third kappa shape index (κ3) is 4.46. The molecule has 0 radical (unpaired) electrons. The van der Waals surface area contributed by atoms with Crippen molar-refractivity contribution in [3.8, 4) is 11.4 Å². The van der Waals surface area contributed by atoms with E-state index in [0.29, 0.717) is 23.0 Å². The zero-order valence-electron chi connectivity index (χ0n) is 15.3. The highest BCUT2D eigenvalue weighted by molar-refractivity contribution is 7.92. The Morgan fingerprint density at radius 3 is 2.57 bits per heavy atom. The van der Waals surface area contributed by atoms with Gasteiger partial charge in [0.2, 0.25) is 11.7 Å². The number of halogens is 2. The highest BCUT2D eigenvalue weighted by atomic mass is 35.5. The molecule has 10 heteroatoms. The van der Waals surface area contributed by atoms with E-state index >= 15 is 0 Å². The first-order valence-electron chi connectivity index (χ1n) is 8.71. The number of aromatic nitrogens is 3. The molecule has 0 unspecified atom stereocenters. The SMILES string of the molecule is O=S(=O)(Nc1ccccc1Cc1nc(-c2ccncc2)no1)c1cc(Cl)ccc1Cl. The number of hydrogen-bond donors (Lipinski definition) is 1. The van der Waals surface area contributed by atoms with Gasteiger partial charge in [0.1, 0.15) is 4.90 Å². The van der Waals surface area contributed by atoms with E-state index in [9.17, 15) is 8.42 Å². The second kappa shape index (κ2) is 8.43. The molecule has 2 aromatic carbocycles. The lowest BCUT2D eigenvalue weighted by atomic mass is 10.1. The second-order valence-electron chi connectivity index (χ2n) is 6.26. The third-order valence-corrected chi connectivity index (χ3v) is 6.27. The fourth-order valence-corrected chi connectivity index (χ4v) is 4.63. The minimum atomic E-state index is -3.96. The summed E-state index contributed by atoms with van der Waals surface area (Å²) in [4.78, 5) is 8.23. The lowest BCUT2D eigenvalue weighted by molar-refractivity contribution is 0.386. The normalized spacial score (nSPS) is 11.4. The molecule has 0 spiro atoms. The maximum atomic E-state index is 12.9. The van der Waals surface area contributed by atoms with Crippen LogP contribution in [0.4, 0.5) is 5.69 Å². The average Bonchev–Trinajstić information content (AvgIpc) is 3.20. The van der Waals surface area contributed by atoms with E-state index < -0.39 is 10.0 Å². The molecule has 2 heterocycles. The number of pyridine rings is 1. The number of rotatable bonds is 6. The van der Waals surface area contributed by atoms with Crippen molar-refractivity contribution in [2.75, 3.05) is 4.72 Å². The van der Waals surface area contributed by atoms with Crippen LogP contribution in [0.1, 0.15) is 11.5 Å². The number of nitrogens with one attached hydrogen (secondary N) is 1. The fourth-order valence-electron chi connectivity index (χ4n) is 2.76. The molecule has 1 N–H and O–H groups in total. The molecule has 4 rings (SSSR count). The summed E-state index contributed by atoms with van der Waals surface area (Å²) in [6.07, 6.45) is 3.51. The van der Waals surface area contributed by atoms with Crippen molar-refractivity contribution in [3.05, 3.63) is 88.5 Å². The lowest BCUT2D eigenvalue weighted by Crippen LogP contribution is -2.15. The van der Waals surface area contributed by atoms with Gasteiger partial charge in [0.15, 0.2) is 0 Å². The number of nitrogens with zero attached hydrogens (tertiary/aromatic N) is 3. The van der Waals surface area contributed by atoms with Gasteiger partial charge < -0.3 is 4.52 Å². The molecule has 152 valence electrons. The van der Waals surface area contributed by atoms with E-state index in [1.165, 1.54) is 18.2 Å². The van der Waals surface area contributed by atoms with E-state index in [2.05, 4.69) is 19.8 Å². The highest BCUT2D eigenvalue weighted by Crippen LogP contribution is 2.28. The van der Waals surface area contributed by atoms with E-state index in [4.69, 9.17) is 27.7 Å². The smallest absolute Gasteiger partial charge is 0.263 e. The van der Waals surface area contributed by atoms with E-state index in [1.54, 1.807) is 48.8 Å². The summed E-state index contributed by atoms with van der Waals surface area (Å²) < 4.78 is 33.6. The Hall–Kier alpha value is -2.94. The molecule has 0 saturated heterocycles. The van der Waals surface area contributed by atoms with Gasteiger partial charge in [-0.05, 0) is 42.0 Å². The van der Waals surface area contributed by atoms with Crippen LogP contribution < -0.4 is 4.72 Å². The van der Waals surface area contributed by atoms with Crippen molar-refractivity contribution in [2.45, 2.75) is 11.3 Å². The summed E-state index contributed by atoms with van der Waals surface area (Å²) in [5, 5.41) is 4.31. The van der Waals surface area contributed by atoms with Crippen LogP contribution in [0.5, 0.6) is 0 Å². The number of para-hydroxylation sites is 1. The number of sulfonamides is 1. The minimum Gasteiger partial charge on any atom is -0.339 e. The van der Waals surface area contributed by atoms with Crippen LogP contribution in [0.3, 0.4) is 0 Å². The van der Waals surface area contributed by atoms with Crippen molar-refractivity contribution in [1.29, 1.82) is 0 Å². The van der Waals surface area contributed by atoms with Gasteiger partial charge in [-0.1, -0.05) is 46.6 Å². The first kappa shape index (κ1) is 20.3. The molecular formula is C20H14Cl2N4O3S. The van der Waals surface area contributed by atoms with Crippen molar-refractivity contribution in [2.24, 2.45) is 0 Å². The van der Waals surface area contributed by atoms with Gasteiger partial charge in [-0.15, -0.1) is 0 Å². The molecule has 0 fully saturated rings. The molecule has 4 aromatic rings. The summed E-state index contributed by atoms with van der Waals surface area (Å²) in [5.74, 6) is 0.769. The fraction of sp³-hybridized carbons (Fsp3) is 0.0500. The quantitative estimate of drug-likeness (QED) is 0.442. The van der Waals surface area contributed by atoms with Gasteiger partial charge in [0.05, 0.1) is 17.1 Å². The number of benzene rings is 2. The van der Waals surface area contributed by atoms with Gasteiger partial charge in [-0.3, -0.25) is 9.71 Å². The lowest BCUT2D eigenvalue weighted by Gasteiger charge is -2.13. The maximum Gasteiger partial charge on any atom is 0.263 e. The summed E-state index contributed by atoms with van der Waals surface area (Å²) in [5.41, 5.74) is 1.80. The Bertz CT molecular complexity index is 1290. The van der Waals surface area contributed by atoms with Crippen molar-refractivity contribution < 1.29 is 12.9 Å². The van der Waals surface area contributed by atoms with E-state index in [1.807, 2.05) is 0 Å². The zero-order valence-corrected chi connectivity index (χ0v) is 17.6. The van der Waals surface area contributed by atoms with Crippen LogP contribution in [0.25, 0.3) is 11.4 Å². The largest absolute Gasteiger partial charge is 0.339 e. The summed E-state index contributed by atoms with van der Waals surface area (Å²) in [6.45, 7) is 0. The molecule has 0 aliphatic carbocycles. The van der Waals surface area contributed by atoms with Gasteiger partial charge in [-0.25, -0.2) is 8.42 Å². The molecule has 0 aliphatic heterocycles.